The van der Waals surface area contributed by atoms with Gasteiger partial charge in [0.1, 0.15) is 5.82 Å². The highest BCUT2D eigenvalue weighted by atomic mass is 35.5. The monoisotopic (exact) mass is 304 g/mol. The molecule has 0 atom stereocenters. The van der Waals surface area contributed by atoms with Crippen molar-refractivity contribution in [1.29, 1.82) is 0 Å². The van der Waals surface area contributed by atoms with E-state index in [2.05, 4.69) is 36.2 Å². The van der Waals surface area contributed by atoms with Gasteiger partial charge in [-0.15, -0.1) is 11.6 Å². The van der Waals surface area contributed by atoms with Gasteiger partial charge in [-0.3, -0.25) is 4.57 Å². The molecule has 1 heterocycles. The Hall–Kier alpha value is -1.51. The fourth-order valence-corrected chi connectivity index (χ4v) is 2.77. The molecule has 0 spiro atoms. The number of aryl methyl sites for hydroxylation is 2. The molecule has 0 amide bonds. The van der Waals surface area contributed by atoms with E-state index in [1.807, 2.05) is 23.6 Å². The fourth-order valence-electron chi connectivity index (χ4n) is 2.39. The van der Waals surface area contributed by atoms with E-state index in [0.717, 1.165) is 28.1 Å². The van der Waals surface area contributed by atoms with Crippen molar-refractivity contribution in [2.24, 2.45) is 0 Å². The van der Waals surface area contributed by atoms with E-state index < -0.39 is 0 Å². The number of alkyl halides is 1. The van der Waals surface area contributed by atoms with Crippen molar-refractivity contribution < 1.29 is 0 Å². The van der Waals surface area contributed by atoms with Gasteiger partial charge in [-0.25, -0.2) is 4.98 Å². The molecule has 3 aromatic rings. The molecule has 0 saturated heterocycles. The van der Waals surface area contributed by atoms with Crippen molar-refractivity contribution in [1.82, 2.24) is 9.55 Å². The van der Waals surface area contributed by atoms with E-state index in [4.69, 9.17) is 23.2 Å². The fraction of sp³-hybridized carbons (Fsp3) is 0.188. The summed E-state index contributed by atoms with van der Waals surface area (Å²) in [5, 5.41) is 0.696. The lowest BCUT2D eigenvalue weighted by Gasteiger charge is -2.11. The van der Waals surface area contributed by atoms with Gasteiger partial charge in [-0.1, -0.05) is 23.7 Å². The standard InChI is InChI=1S/C16H14Cl2N2/c1-10-4-6-14-13(7-10)19-16(9-17)20(14)15-8-11(2)3-5-12(15)18/h3-8H,9H2,1-2H3. The Kier molecular flexibility index (Phi) is 3.45. The van der Waals surface area contributed by atoms with Crippen molar-refractivity contribution in [2.45, 2.75) is 19.7 Å². The third-order valence-corrected chi connectivity index (χ3v) is 3.90. The van der Waals surface area contributed by atoms with Crippen LogP contribution in [0.15, 0.2) is 36.4 Å². The Balaban J connectivity index is 2.37. The number of aromatic nitrogens is 2. The second-order valence-electron chi connectivity index (χ2n) is 4.94. The predicted molar refractivity (Wildman–Crippen MR) is 85.1 cm³/mol. The molecule has 0 fully saturated rings. The molecular formula is C16H14Cl2N2. The minimum atomic E-state index is 0.345. The highest BCUT2D eigenvalue weighted by molar-refractivity contribution is 6.32. The minimum Gasteiger partial charge on any atom is -0.294 e. The molecule has 102 valence electrons. The largest absolute Gasteiger partial charge is 0.294 e. The molecule has 0 aliphatic carbocycles. The zero-order valence-electron chi connectivity index (χ0n) is 11.3. The minimum absolute atomic E-state index is 0.345. The average molecular weight is 305 g/mol. The number of hydrogen-bond donors (Lipinski definition) is 0. The average Bonchev–Trinajstić information content (AvgIpc) is 2.78. The molecule has 0 saturated carbocycles. The van der Waals surface area contributed by atoms with E-state index >= 15 is 0 Å². The summed E-state index contributed by atoms with van der Waals surface area (Å²) >= 11 is 12.4. The van der Waals surface area contributed by atoms with Crippen LogP contribution in [0.5, 0.6) is 0 Å². The van der Waals surface area contributed by atoms with E-state index in [1.165, 1.54) is 5.56 Å². The normalized spacial score (nSPS) is 11.2. The summed E-state index contributed by atoms with van der Waals surface area (Å²) in [6.45, 7) is 4.10. The van der Waals surface area contributed by atoms with E-state index in [-0.39, 0.29) is 0 Å². The summed E-state index contributed by atoms with van der Waals surface area (Å²) in [5.74, 6) is 1.15. The Morgan fingerprint density at radius 2 is 1.75 bits per heavy atom. The first-order valence-electron chi connectivity index (χ1n) is 6.40. The van der Waals surface area contributed by atoms with Gasteiger partial charge in [0.15, 0.2) is 0 Å². The molecule has 1 aromatic heterocycles. The second kappa shape index (κ2) is 5.12. The number of fused-ring (bicyclic) bond motifs is 1. The van der Waals surface area contributed by atoms with Gasteiger partial charge >= 0.3 is 0 Å². The molecular weight excluding hydrogens is 291 g/mol. The summed E-state index contributed by atoms with van der Waals surface area (Å²) in [6.07, 6.45) is 0. The molecule has 0 aliphatic rings. The van der Waals surface area contributed by atoms with Crippen molar-refractivity contribution in [3.8, 4) is 5.69 Å². The zero-order valence-corrected chi connectivity index (χ0v) is 12.8. The van der Waals surface area contributed by atoms with Gasteiger partial charge in [0.2, 0.25) is 0 Å². The van der Waals surface area contributed by atoms with Gasteiger partial charge in [0.25, 0.3) is 0 Å². The van der Waals surface area contributed by atoms with Crippen LogP contribution in [0, 0.1) is 13.8 Å². The molecule has 2 nitrogen and oxygen atoms in total. The maximum atomic E-state index is 6.36. The number of rotatable bonds is 2. The van der Waals surface area contributed by atoms with Gasteiger partial charge in [0, 0.05) is 0 Å². The number of benzene rings is 2. The maximum Gasteiger partial charge on any atom is 0.129 e. The highest BCUT2D eigenvalue weighted by Gasteiger charge is 2.14. The Labute approximate surface area is 128 Å². The van der Waals surface area contributed by atoms with Crippen LogP contribution in [0.3, 0.4) is 0 Å². The molecule has 3 rings (SSSR count). The molecule has 20 heavy (non-hydrogen) atoms. The number of nitrogens with zero attached hydrogens (tertiary/aromatic N) is 2. The summed E-state index contributed by atoms with van der Waals surface area (Å²) in [7, 11) is 0. The lowest BCUT2D eigenvalue weighted by atomic mass is 10.2. The van der Waals surface area contributed by atoms with E-state index in [0.29, 0.717) is 10.9 Å². The lowest BCUT2D eigenvalue weighted by molar-refractivity contribution is 0.980. The number of halogens is 2. The van der Waals surface area contributed by atoms with Gasteiger partial charge in [-0.2, -0.15) is 0 Å². The molecule has 4 heteroatoms. The molecule has 2 aromatic carbocycles. The van der Waals surface area contributed by atoms with Gasteiger partial charge in [-0.05, 0) is 49.2 Å². The van der Waals surface area contributed by atoms with Crippen LogP contribution >= 0.6 is 23.2 Å². The van der Waals surface area contributed by atoms with E-state index in [1.54, 1.807) is 0 Å². The van der Waals surface area contributed by atoms with E-state index in [9.17, 15) is 0 Å². The van der Waals surface area contributed by atoms with Crippen molar-refractivity contribution in [3.05, 3.63) is 58.4 Å². The molecule has 0 bridgehead atoms. The second-order valence-corrected chi connectivity index (χ2v) is 5.62. The van der Waals surface area contributed by atoms with Crippen molar-refractivity contribution in [2.75, 3.05) is 0 Å². The van der Waals surface area contributed by atoms with Crippen LogP contribution in [0.4, 0.5) is 0 Å². The first-order valence-corrected chi connectivity index (χ1v) is 7.32. The topological polar surface area (TPSA) is 17.8 Å². The van der Waals surface area contributed by atoms with Crippen molar-refractivity contribution >= 4 is 34.2 Å². The van der Waals surface area contributed by atoms with Crippen LogP contribution in [0.2, 0.25) is 5.02 Å². The number of hydrogen-bond acceptors (Lipinski definition) is 1. The Bertz CT molecular complexity index is 791. The first-order chi connectivity index (χ1) is 9.60. The first kappa shape index (κ1) is 13.5. The van der Waals surface area contributed by atoms with Gasteiger partial charge in [0.05, 0.1) is 27.6 Å². The summed E-state index contributed by atoms with van der Waals surface area (Å²) in [6, 6.07) is 12.2. The summed E-state index contributed by atoms with van der Waals surface area (Å²) in [5.41, 5.74) is 5.23. The molecule has 0 N–H and O–H groups in total. The van der Waals surface area contributed by atoms with Crippen LogP contribution in [-0.2, 0) is 5.88 Å². The highest BCUT2D eigenvalue weighted by Crippen LogP contribution is 2.28. The summed E-state index contributed by atoms with van der Waals surface area (Å²) in [4.78, 5) is 4.61. The van der Waals surface area contributed by atoms with Crippen LogP contribution in [0.25, 0.3) is 16.7 Å². The smallest absolute Gasteiger partial charge is 0.129 e. The maximum absolute atomic E-state index is 6.36. The number of imidazole rings is 1. The third kappa shape index (κ3) is 2.19. The Morgan fingerprint density at radius 1 is 1.05 bits per heavy atom. The van der Waals surface area contributed by atoms with Crippen LogP contribution < -0.4 is 0 Å². The van der Waals surface area contributed by atoms with Gasteiger partial charge < -0.3 is 0 Å². The molecule has 0 unspecified atom stereocenters. The SMILES string of the molecule is Cc1ccc(Cl)c(-n2c(CCl)nc3cc(C)ccc32)c1. The third-order valence-electron chi connectivity index (χ3n) is 3.34. The van der Waals surface area contributed by atoms with Crippen molar-refractivity contribution in [3.63, 3.8) is 0 Å². The molecule has 0 aliphatic heterocycles. The quantitative estimate of drug-likeness (QED) is 0.607. The Morgan fingerprint density at radius 3 is 2.50 bits per heavy atom. The predicted octanol–water partition coefficient (Wildman–Crippen LogP) is 5.03. The molecule has 0 radical (unpaired) electrons. The van der Waals surface area contributed by atoms with Crippen LogP contribution in [-0.4, -0.2) is 9.55 Å². The zero-order chi connectivity index (χ0) is 14.3. The van der Waals surface area contributed by atoms with Crippen LogP contribution in [0.1, 0.15) is 17.0 Å². The lowest BCUT2D eigenvalue weighted by Crippen LogP contribution is -2.00. The summed E-state index contributed by atoms with van der Waals surface area (Å²) < 4.78 is 2.04.